The van der Waals surface area contributed by atoms with Crippen LogP contribution >= 0.6 is 23.1 Å². The summed E-state index contributed by atoms with van der Waals surface area (Å²) in [6.45, 7) is 1.10. The van der Waals surface area contributed by atoms with Crippen molar-refractivity contribution in [1.82, 2.24) is 19.8 Å². The zero-order chi connectivity index (χ0) is 23.3. The molecule has 10 heteroatoms. The SMILES string of the molecule is COCCn1c(SCC(=O)N2N=C(c3cccs3)C[C@H]2c2ccco2)nnc1-c1ccccc1. The Hall–Kier alpha value is -3.21. The van der Waals surface area contributed by atoms with E-state index in [-0.39, 0.29) is 17.7 Å². The summed E-state index contributed by atoms with van der Waals surface area (Å²) in [5, 5.41) is 17.7. The largest absolute Gasteiger partial charge is 0.467 e. The van der Waals surface area contributed by atoms with Crippen molar-refractivity contribution in [3.63, 3.8) is 0 Å². The van der Waals surface area contributed by atoms with E-state index in [2.05, 4.69) is 15.3 Å². The van der Waals surface area contributed by atoms with E-state index in [1.807, 2.05) is 64.5 Å². The second kappa shape index (κ2) is 10.4. The molecule has 1 atom stereocenters. The maximum atomic E-state index is 13.3. The van der Waals surface area contributed by atoms with Gasteiger partial charge in [-0.25, -0.2) is 5.01 Å². The molecule has 0 aliphatic carbocycles. The van der Waals surface area contributed by atoms with Crippen molar-refractivity contribution in [3.05, 3.63) is 76.9 Å². The monoisotopic (exact) mass is 493 g/mol. The molecule has 34 heavy (non-hydrogen) atoms. The molecule has 0 bridgehead atoms. The van der Waals surface area contributed by atoms with E-state index < -0.39 is 0 Å². The number of thiophene rings is 1. The minimum Gasteiger partial charge on any atom is -0.467 e. The molecule has 0 unspecified atom stereocenters. The maximum Gasteiger partial charge on any atom is 0.253 e. The van der Waals surface area contributed by atoms with Gasteiger partial charge in [-0.15, -0.1) is 21.5 Å². The van der Waals surface area contributed by atoms with E-state index in [9.17, 15) is 4.79 Å². The number of aromatic nitrogens is 3. The summed E-state index contributed by atoms with van der Waals surface area (Å²) < 4.78 is 12.9. The molecule has 8 nitrogen and oxygen atoms in total. The highest BCUT2D eigenvalue weighted by atomic mass is 32.2. The molecular formula is C24H23N5O3S2. The fraction of sp³-hybridized carbons (Fsp3) is 0.250. The molecule has 3 aromatic heterocycles. The second-order valence-electron chi connectivity index (χ2n) is 7.60. The Morgan fingerprint density at radius 1 is 1.18 bits per heavy atom. The Bertz CT molecular complexity index is 1250. The van der Waals surface area contributed by atoms with Crippen LogP contribution in [-0.2, 0) is 16.1 Å². The number of benzene rings is 1. The zero-order valence-electron chi connectivity index (χ0n) is 18.5. The van der Waals surface area contributed by atoms with Gasteiger partial charge in [-0.3, -0.25) is 9.36 Å². The number of methoxy groups -OCH3 is 1. The van der Waals surface area contributed by atoms with Crippen LogP contribution < -0.4 is 0 Å². The summed E-state index contributed by atoms with van der Waals surface area (Å²) in [5.41, 5.74) is 1.86. The van der Waals surface area contributed by atoms with Crippen LogP contribution in [0.3, 0.4) is 0 Å². The van der Waals surface area contributed by atoms with Gasteiger partial charge in [0.05, 0.1) is 35.8 Å². The van der Waals surface area contributed by atoms with Crippen LogP contribution in [0.25, 0.3) is 11.4 Å². The quantitative estimate of drug-likeness (QED) is 0.314. The minimum atomic E-state index is -0.258. The number of hydrazone groups is 1. The van der Waals surface area contributed by atoms with Crippen LogP contribution in [0.15, 0.2) is 80.9 Å². The number of amides is 1. The minimum absolute atomic E-state index is 0.111. The van der Waals surface area contributed by atoms with E-state index in [0.717, 1.165) is 27.7 Å². The molecular weight excluding hydrogens is 470 g/mol. The highest BCUT2D eigenvalue weighted by Gasteiger charge is 2.35. The van der Waals surface area contributed by atoms with Crippen molar-refractivity contribution >= 4 is 34.7 Å². The third kappa shape index (κ3) is 4.70. The fourth-order valence-corrected chi connectivity index (χ4v) is 5.35. The molecule has 4 aromatic rings. The number of hydrogen-bond acceptors (Lipinski definition) is 8. The lowest BCUT2D eigenvalue weighted by Gasteiger charge is -2.19. The molecule has 0 fully saturated rings. The van der Waals surface area contributed by atoms with Crippen molar-refractivity contribution in [3.8, 4) is 11.4 Å². The summed E-state index contributed by atoms with van der Waals surface area (Å²) in [6, 6.07) is 17.3. The van der Waals surface area contributed by atoms with Crippen molar-refractivity contribution in [2.75, 3.05) is 19.5 Å². The molecule has 1 aliphatic heterocycles. The molecule has 4 heterocycles. The van der Waals surface area contributed by atoms with Crippen LogP contribution in [0.2, 0.25) is 0 Å². The first kappa shape index (κ1) is 22.6. The Kier molecular flexibility index (Phi) is 6.89. The average molecular weight is 494 g/mol. The lowest BCUT2D eigenvalue weighted by molar-refractivity contribution is -0.130. The first-order valence-electron chi connectivity index (χ1n) is 10.8. The topological polar surface area (TPSA) is 85.8 Å². The second-order valence-corrected chi connectivity index (χ2v) is 9.49. The van der Waals surface area contributed by atoms with Gasteiger partial charge in [-0.05, 0) is 23.6 Å². The van der Waals surface area contributed by atoms with Crippen molar-refractivity contribution < 1.29 is 13.9 Å². The standard InChI is InChI=1S/C24H23N5O3S2/c1-31-13-11-28-23(17-7-3-2-4-8-17)25-26-24(28)34-16-22(30)29-19(20-9-5-12-32-20)15-18(27-29)21-10-6-14-33-21/h2-10,12,14,19H,11,13,15-16H2,1H3/t19-/m0/s1. The van der Waals surface area contributed by atoms with Crippen LogP contribution in [0.5, 0.6) is 0 Å². The molecule has 5 rings (SSSR count). The highest BCUT2D eigenvalue weighted by Crippen LogP contribution is 2.35. The molecule has 1 aliphatic rings. The van der Waals surface area contributed by atoms with Gasteiger partial charge in [-0.2, -0.15) is 5.10 Å². The van der Waals surface area contributed by atoms with Crippen LogP contribution in [0.4, 0.5) is 0 Å². The number of carbonyl (C=O) groups is 1. The number of nitrogens with zero attached hydrogens (tertiary/aromatic N) is 5. The van der Waals surface area contributed by atoms with E-state index in [0.29, 0.717) is 24.7 Å². The molecule has 0 saturated carbocycles. The Labute approximate surface area is 205 Å². The molecule has 174 valence electrons. The predicted octanol–water partition coefficient (Wildman–Crippen LogP) is 4.72. The first-order chi connectivity index (χ1) is 16.7. The summed E-state index contributed by atoms with van der Waals surface area (Å²) in [4.78, 5) is 14.4. The summed E-state index contributed by atoms with van der Waals surface area (Å²) in [7, 11) is 1.66. The average Bonchev–Trinajstić information content (AvgIpc) is 3.68. The first-order valence-corrected chi connectivity index (χ1v) is 12.7. The zero-order valence-corrected chi connectivity index (χ0v) is 20.2. The maximum absolute atomic E-state index is 13.3. The predicted molar refractivity (Wildman–Crippen MR) is 132 cm³/mol. The molecule has 1 aromatic carbocycles. The number of furan rings is 1. The Balaban J connectivity index is 1.36. The van der Waals surface area contributed by atoms with E-state index in [1.165, 1.54) is 11.8 Å². The summed E-state index contributed by atoms with van der Waals surface area (Å²) >= 11 is 2.97. The molecule has 0 spiro atoms. The smallest absolute Gasteiger partial charge is 0.253 e. The third-order valence-electron chi connectivity index (χ3n) is 5.44. The number of carbonyl (C=O) groups excluding carboxylic acids is 1. The van der Waals surface area contributed by atoms with Gasteiger partial charge < -0.3 is 9.15 Å². The lowest BCUT2D eigenvalue weighted by atomic mass is 10.1. The van der Waals surface area contributed by atoms with Gasteiger partial charge in [0.1, 0.15) is 11.8 Å². The normalized spacial score (nSPS) is 15.6. The van der Waals surface area contributed by atoms with E-state index >= 15 is 0 Å². The van der Waals surface area contributed by atoms with Crippen molar-refractivity contribution in [2.24, 2.45) is 5.10 Å². The van der Waals surface area contributed by atoms with Crippen molar-refractivity contribution in [2.45, 2.75) is 24.2 Å². The number of thioether (sulfide) groups is 1. The molecule has 1 amide bonds. The molecule has 0 N–H and O–H groups in total. The Morgan fingerprint density at radius 2 is 2.06 bits per heavy atom. The highest BCUT2D eigenvalue weighted by molar-refractivity contribution is 7.99. The fourth-order valence-electron chi connectivity index (χ4n) is 3.81. The van der Waals surface area contributed by atoms with Gasteiger partial charge in [0, 0.05) is 19.1 Å². The van der Waals surface area contributed by atoms with Crippen LogP contribution in [0, 0.1) is 0 Å². The van der Waals surface area contributed by atoms with Gasteiger partial charge in [-0.1, -0.05) is 48.2 Å². The number of hydrogen-bond donors (Lipinski definition) is 0. The van der Waals surface area contributed by atoms with Gasteiger partial charge in [0.25, 0.3) is 5.91 Å². The Morgan fingerprint density at radius 3 is 2.79 bits per heavy atom. The van der Waals surface area contributed by atoms with E-state index in [4.69, 9.17) is 9.15 Å². The molecule has 0 radical (unpaired) electrons. The number of rotatable bonds is 9. The van der Waals surface area contributed by atoms with Gasteiger partial charge in [0.2, 0.25) is 0 Å². The van der Waals surface area contributed by atoms with Crippen molar-refractivity contribution in [1.29, 1.82) is 0 Å². The van der Waals surface area contributed by atoms with Crippen LogP contribution in [0.1, 0.15) is 23.1 Å². The van der Waals surface area contributed by atoms with E-state index in [1.54, 1.807) is 29.7 Å². The van der Waals surface area contributed by atoms with Crippen LogP contribution in [-0.4, -0.2) is 50.9 Å². The summed E-state index contributed by atoms with van der Waals surface area (Å²) in [6.07, 6.45) is 2.24. The van der Waals surface area contributed by atoms with Gasteiger partial charge >= 0.3 is 0 Å². The molecule has 0 saturated heterocycles. The number of ether oxygens (including phenoxy) is 1. The summed E-state index contributed by atoms with van der Waals surface area (Å²) in [5.74, 6) is 1.54. The third-order valence-corrected chi connectivity index (χ3v) is 7.31. The van der Waals surface area contributed by atoms with Gasteiger partial charge in [0.15, 0.2) is 11.0 Å². The lowest BCUT2D eigenvalue weighted by Crippen LogP contribution is -2.28.